The molecule has 0 aromatic rings. The Labute approximate surface area is 108 Å². The summed E-state index contributed by atoms with van der Waals surface area (Å²) in [4.78, 5) is 0. The maximum atomic E-state index is 7.81. The summed E-state index contributed by atoms with van der Waals surface area (Å²) < 4.78 is 7.81. The van der Waals surface area contributed by atoms with E-state index in [1.165, 1.54) is 0 Å². The molecule has 0 bridgehead atoms. The molecule has 4 heteroatoms. The fourth-order valence-corrected chi connectivity index (χ4v) is 0. The van der Waals surface area contributed by atoms with Crippen molar-refractivity contribution in [2.24, 2.45) is 0 Å². The van der Waals surface area contributed by atoms with E-state index in [1.807, 2.05) is 0 Å². The van der Waals surface area contributed by atoms with Crippen LogP contribution in [0.3, 0.4) is 0 Å². The van der Waals surface area contributed by atoms with E-state index in [0.717, 1.165) is 0 Å². The van der Waals surface area contributed by atoms with Crippen molar-refractivity contribution in [3.63, 3.8) is 0 Å². The summed E-state index contributed by atoms with van der Waals surface area (Å²) in [5, 5.41) is 0. The molecule has 0 fully saturated rings. The fourth-order valence-electron chi connectivity index (χ4n) is 0. The van der Waals surface area contributed by atoms with Gasteiger partial charge in [0.2, 0.25) is 0 Å². The predicted octanol–water partition coefficient (Wildman–Crippen LogP) is -0.277. The van der Waals surface area contributed by atoms with E-state index < -0.39 is 0 Å². The Bertz CT molecular complexity index is 13.5. The van der Waals surface area contributed by atoms with Crippen LogP contribution in [0.4, 0.5) is 0 Å². The van der Waals surface area contributed by atoms with Crippen LogP contribution in [0, 0.1) is 39.9 Å². The van der Waals surface area contributed by atoms with E-state index >= 15 is 0 Å². The Kier molecular flexibility index (Phi) is 64.1. The third-order valence-electron chi connectivity index (χ3n) is 0. The summed E-state index contributed by atoms with van der Waals surface area (Å²) in [7, 11) is 0. The molecule has 4 heavy (non-hydrogen) atoms. The van der Waals surface area contributed by atoms with Crippen LogP contribution in [0.25, 0.3) is 0 Å². The molecule has 0 saturated heterocycles. The molecule has 0 aromatic carbocycles. The van der Waals surface area contributed by atoms with Gasteiger partial charge in [-0.15, -0.1) is 0 Å². The minimum absolute atomic E-state index is 0. The van der Waals surface area contributed by atoms with Crippen molar-refractivity contribution in [3.05, 3.63) is 0 Å². The van der Waals surface area contributed by atoms with Crippen molar-refractivity contribution >= 4 is 48.9 Å². The van der Waals surface area contributed by atoms with Gasteiger partial charge in [-0.25, -0.2) is 0 Å². The Hall–Kier alpha value is 3.22. The normalized spacial score (nSPS) is 1.50. The minimum atomic E-state index is 0. The average Bonchev–Trinajstić information content (AvgIpc) is 1.00. The van der Waals surface area contributed by atoms with Gasteiger partial charge in [-0.2, -0.15) is 0 Å². The summed E-state index contributed by atoms with van der Waals surface area (Å²) in [6.07, 6.45) is 0. The molecule has 29 valence electrons. The van der Waals surface area contributed by atoms with Gasteiger partial charge >= 0.3 is 68.7 Å². The zero-order valence-corrected chi connectivity index (χ0v) is 9.42. The quantitative estimate of drug-likeness (QED) is 0.532. The summed E-state index contributed by atoms with van der Waals surface area (Å²) in [5.74, 6) is 0. The van der Waals surface area contributed by atoms with E-state index in [-0.39, 0.29) is 91.7 Å². The van der Waals surface area contributed by atoms with E-state index in [9.17, 15) is 0 Å². The third-order valence-corrected chi connectivity index (χ3v) is 0. The Balaban J connectivity index is -0.000000000833. The first-order chi connectivity index (χ1) is 1.00. The van der Waals surface area contributed by atoms with Crippen LogP contribution < -0.4 is 0 Å². The number of rotatable bonds is 0. The Morgan fingerprint density at radius 1 is 1.50 bits per heavy atom. The first-order valence-electron chi connectivity index (χ1n) is 0.123. The molecule has 0 amide bonds. The molecular weight excluding hydrogens is 374 g/mol. The van der Waals surface area contributed by atoms with E-state index in [0.29, 0.717) is 0 Å². The second kappa shape index (κ2) is 16.4. The predicted molar refractivity (Wildman–Crippen MR) is 8.66 cm³/mol. The molecule has 0 spiro atoms. The van der Waals surface area contributed by atoms with Crippen LogP contribution in [0.5, 0.6) is 0 Å². The molecule has 0 aromatic heterocycles. The number of hydrogen-bond donors (Lipinski definition) is 0. The van der Waals surface area contributed by atoms with Crippen molar-refractivity contribution < 1.29 is 62.6 Å². The van der Waals surface area contributed by atoms with Gasteiger partial charge in [0, 0.05) is 39.9 Å². The molecule has 1 nitrogen and oxygen atoms in total. The molecule has 0 aliphatic rings. The monoisotopic (exact) mass is 377 g/mol. The standard InChI is InChI=1S/Ba.Cu.Gd.O.2H/q+2;;;;2*-1. The second-order valence-electron chi connectivity index (χ2n) is 0. The van der Waals surface area contributed by atoms with E-state index in [2.05, 4.69) is 15.9 Å². The van der Waals surface area contributed by atoms with Crippen molar-refractivity contribution in [1.29, 1.82) is 0 Å². The van der Waals surface area contributed by atoms with Gasteiger partial charge in [-0.3, -0.25) is 0 Å². The van der Waals surface area contributed by atoms with Crippen LogP contribution in [-0.4, -0.2) is 48.9 Å². The topological polar surface area (TPSA) is 17.1 Å². The SMILES string of the molecule is [Ba+2].[Gd].[H-].[H-].[O]=[Cu]. The first kappa shape index (κ1) is 15.7. The third kappa shape index (κ3) is 8.96. The van der Waals surface area contributed by atoms with Gasteiger partial charge in [0.1, 0.15) is 0 Å². The fraction of sp³-hybridized carbons (Fsp3) is 0. The summed E-state index contributed by atoms with van der Waals surface area (Å²) >= 11 is 2.94. The van der Waals surface area contributed by atoms with Crippen molar-refractivity contribution in [2.45, 2.75) is 0 Å². The molecule has 0 unspecified atom stereocenters. The van der Waals surface area contributed by atoms with Gasteiger partial charge in [-0.1, -0.05) is 0 Å². The van der Waals surface area contributed by atoms with E-state index in [4.69, 9.17) is 3.83 Å². The summed E-state index contributed by atoms with van der Waals surface area (Å²) in [6, 6.07) is 0. The van der Waals surface area contributed by atoms with Crippen molar-refractivity contribution in [1.82, 2.24) is 0 Å². The van der Waals surface area contributed by atoms with Crippen molar-refractivity contribution in [3.8, 4) is 0 Å². The van der Waals surface area contributed by atoms with Gasteiger partial charge in [0.05, 0.1) is 0 Å². The zero-order chi connectivity index (χ0) is 2.00. The second-order valence-corrected chi connectivity index (χ2v) is 0. The molecule has 0 radical (unpaired) electrons. The molecule has 0 N–H and O–H groups in total. The van der Waals surface area contributed by atoms with E-state index in [1.54, 1.807) is 0 Å². The molecule has 0 rings (SSSR count). The van der Waals surface area contributed by atoms with Crippen LogP contribution in [0.2, 0.25) is 0 Å². The van der Waals surface area contributed by atoms with Gasteiger partial charge in [0.15, 0.2) is 0 Å². The maximum absolute atomic E-state index is 7.81. The van der Waals surface area contributed by atoms with Gasteiger partial charge in [-0.05, 0) is 0 Å². The molecular formula is H2BaCuGdO. The van der Waals surface area contributed by atoms with Crippen LogP contribution in [0.1, 0.15) is 2.85 Å². The van der Waals surface area contributed by atoms with Gasteiger partial charge in [0.25, 0.3) is 0 Å². The summed E-state index contributed by atoms with van der Waals surface area (Å²) in [5.41, 5.74) is 0. The molecule has 0 saturated carbocycles. The van der Waals surface area contributed by atoms with Crippen LogP contribution >= 0.6 is 0 Å². The van der Waals surface area contributed by atoms with Gasteiger partial charge < -0.3 is 2.85 Å². The zero-order valence-electron chi connectivity index (χ0n) is 3.77. The Morgan fingerprint density at radius 3 is 1.50 bits per heavy atom. The molecule has 0 aliphatic heterocycles. The molecule has 0 aliphatic carbocycles. The van der Waals surface area contributed by atoms with Crippen LogP contribution in [-0.2, 0) is 19.8 Å². The average molecular weight is 376 g/mol. The number of hydrogen-bond acceptors (Lipinski definition) is 1. The summed E-state index contributed by atoms with van der Waals surface area (Å²) in [6.45, 7) is 0. The van der Waals surface area contributed by atoms with Crippen molar-refractivity contribution in [2.75, 3.05) is 0 Å². The van der Waals surface area contributed by atoms with Crippen LogP contribution in [0.15, 0.2) is 0 Å². The first-order valence-corrected chi connectivity index (χ1v) is 0.508. The Morgan fingerprint density at radius 2 is 1.50 bits per heavy atom. The molecule has 0 atom stereocenters. The molecule has 0 heterocycles.